The summed E-state index contributed by atoms with van der Waals surface area (Å²) in [5.41, 5.74) is 0. The number of unbranched alkanes of at least 4 members (excludes halogenated alkanes) is 21. The van der Waals surface area contributed by atoms with Gasteiger partial charge in [0.05, 0.1) is 25.7 Å². The Hall–Kier alpha value is -1.14. The minimum atomic E-state index is -0.0407. The van der Waals surface area contributed by atoms with E-state index in [1.807, 2.05) is 0 Å². The Balaban J connectivity index is 3.95. The normalized spacial score (nSPS) is 11.7. The first-order valence-corrected chi connectivity index (χ1v) is 22.1. The number of nitrogens with zero attached hydrogens (tertiary/aromatic N) is 1. The van der Waals surface area contributed by atoms with E-state index in [-0.39, 0.29) is 24.5 Å². The molecule has 0 amide bonds. The van der Waals surface area contributed by atoms with Crippen LogP contribution in [0.5, 0.6) is 0 Å². The number of hydrogen-bond acceptors (Lipinski definition) is 6. The molecule has 0 heterocycles. The molecule has 6 nitrogen and oxygen atoms in total. The number of aliphatic hydroxyl groups is 1. The quantitative estimate of drug-likeness (QED) is 0.0504. The molecule has 0 aliphatic carbocycles. The third-order valence-electron chi connectivity index (χ3n) is 10.2. The van der Waals surface area contributed by atoms with Crippen LogP contribution in [0.25, 0.3) is 0 Å². The third-order valence-corrected chi connectivity index (χ3v) is 10.2. The third kappa shape index (κ3) is 35.3. The summed E-state index contributed by atoms with van der Waals surface area (Å²) in [4.78, 5) is 27.3. The van der Waals surface area contributed by atoms with E-state index in [0.29, 0.717) is 19.6 Å². The molecule has 0 saturated carbocycles. The number of carbonyl (C=O) groups excluding carboxylic acids is 2. The molecule has 0 aliphatic rings. The average molecular weight is 710 g/mol. The second-order valence-corrected chi connectivity index (χ2v) is 15.6. The second kappa shape index (κ2) is 39.1. The van der Waals surface area contributed by atoms with Gasteiger partial charge in [0, 0.05) is 13.0 Å². The maximum atomic E-state index is 12.9. The highest BCUT2D eigenvalue weighted by Gasteiger charge is 2.19. The lowest BCUT2D eigenvalue weighted by Crippen LogP contribution is -2.29. The minimum absolute atomic E-state index is 0.0407. The first kappa shape index (κ1) is 48.9. The van der Waals surface area contributed by atoms with Gasteiger partial charge in [0.25, 0.3) is 0 Å². The zero-order chi connectivity index (χ0) is 36.8. The monoisotopic (exact) mass is 710 g/mol. The summed E-state index contributed by atoms with van der Waals surface area (Å²) in [6.07, 6.45) is 34.9. The molecule has 0 radical (unpaired) electrons. The lowest BCUT2D eigenvalue weighted by atomic mass is 9.94. The number of hydrogen-bond donors (Lipinski definition) is 1. The summed E-state index contributed by atoms with van der Waals surface area (Å²) >= 11 is 0. The standard InChI is InChI=1S/C44H87NO5/c1-5-7-9-11-17-24-32-42(33-25-18-12-10-8-6-2)44(48)50-40-29-21-15-20-27-35-45(37-38-46)36-28-22-30-39-49-43(47)34-26-19-14-13-16-23-31-41(3)4/h41-42,46H,5-40H2,1-4H3. The lowest BCUT2D eigenvalue weighted by molar-refractivity contribution is -0.149. The van der Waals surface area contributed by atoms with E-state index < -0.39 is 0 Å². The van der Waals surface area contributed by atoms with E-state index in [2.05, 4.69) is 32.6 Å². The molecule has 0 aromatic heterocycles. The van der Waals surface area contributed by atoms with Crippen LogP contribution in [0.1, 0.15) is 220 Å². The van der Waals surface area contributed by atoms with E-state index in [9.17, 15) is 14.7 Å². The molecule has 0 spiro atoms. The molecule has 0 aliphatic heterocycles. The highest BCUT2D eigenvalue weighted by molar-refractivity contribution is 5.72. The van der Waals surface area contributed by atoms with Gasteiger partial charge in [-0.2, -0.15) is 0 Å². The molecule has 298 valence electrons. The van der Waals surface area contributed by atoms with E-state index in [4.69, 9.17) is 9.47 Å². The van der Waals surface area contributed by atoms with E-state index >= 15 is 0 Å². The van der Waals surface area contributed by atoms with E-state index in [0.717, 1.165) is 109 Å². The fourth-order valence-electron chi connectivity index (χ4n) is 6.86. The van der Waals surface area contributed by atoms with E-state index in [1.165, 1.54) is 103 Å². The molecule has 0 rings (SSSR count). The van der Waals surface area contributed by atoms with Crippen LogP contribution in [-0.2, 0) is 19.1 Å². The van der Waals surface area contributed by atoms with Gasteiger partial charge in [-0.3, -0.25) is 9.59 Å². The van der Waals surface area contributed by atoms with Crippen molar-refractivity contribution in [2.45, 2.75) is 220 Å². The van der Waals surface area contributed by atoms with Crippen LogP contribution >= 0.6 is 0 Å². The molecule has 6 heteroatoms. The predicted molar refractivity (Wildman–Crippen MR) is 214 cm³/mol. The summed E-state index contributed by atoms with van der Waals surface area (Å²) in [5.74, 6) is 0.910. The van der Waals surface area contributed by atoms with Crippen LogP contribution < -0.4 is 0 Å². The van der Waals surface area contributed by atoms with Crippen molar-refractivity contribution in [3.63, 3.8) is 0 Å². The van der Waals surface area contributed by atoms with Gasteiger partial charge in [-0.05, 0) is 70.4 Å². The first-order chi connectivity index (χ1) is 24.4. The van der Waals surface area contributed by atoms with Gasteiger partial charge >= 0.3 is 11.9 Å². The van der Waals surface area contributed by atoms with Gasteiger partial charge in [0.1, 0.15) is 0 Å². The van der Waals surface area contributed by atoms with Crippen LogP contribution in [0.2, 0.25) is 0 Å². The smallest absolute Gasteiger partial charge is 0.308 e. The van der Waals surface area contributed by atoms with Crippen molar-refractivity contribution in [1.29, 1.82) is 0 Å². The number of rotatable bonds is 40. The highest BCUT2D eigenvalue weighted by atomic mass is 16.5. The Morgan fingerprint density at radius 2 is 0.920 bits per heavy atom. The van der Waals surface area contributed by atoms with Gasteiger partial charge in [0.15, 0.2) is 0 Å². The summed E-state index contributed by atoms with van der Waals surface area (Å²) < 4.78 is 11.3. The van der Waals surface area contributed by atoms with Crippen molar-refractivity contribution in [3.8, 4) is 0 Å². The second-order valence-electron chi connectivity index (χ2n) is 15.6. The number of esters is 2. The van der Waals surface area contributed by atoms with Gasteiger partial charge in [-0.25, -0.2) is 0 Å². The van der Waals surface area contributed by atoms with Crippen LogP contribution in [0.4, 0.5) is 0 Å². The Morgan fingerprint density at radius 3 is 1.44 bits per heavy atom. The molecular formula is C44H87NO5. The topological polar surface area (TPSA) is 76.1 Å². The fraction of sp³-hybridized carbons (Fsp3) is 0.955. The van der Waals surface area contributed by atoms with Crippen LogP contribution in [-0.4, -0.2) is 61.4 Å². The lowest BCUT2D eigenvalue weighted by Gasteiger charge is -2.21. The van der Waals surface area contributed by atoms with Crippen molar-refractivity contribution < 1.29 is 24.2 Å². The molecular weight excluding hydrogens is 622 g/mol. The van der Waals surface area contributed by atoms with Crippen LogP contribution in [0.3, 0.4) is 0 Å². The zero-order valence-corrected chi connectivity index (χ0v) is 34.1. The van der Waals surface area contributed by atoms with Gasteiger partial charge in [0.2, 0.25) is 0 Å². The first-order valence-electron chi connectivity index (χ1n) is 22.1. The number of ether oxygens (including phenoxy) is 2. The minimum Gasteiger partial charge on any atom is -0.466 e. The van der Waals surface area contributed by atoms with E-state index in [1.54, 1.807) is 0 Å². The Labute approximate surface area is 312 Å². The number of aliphatic hydroxyl groups excluding tert-OH is 1. The van der Waals surface area contributed by atoms with Crippen molar-refractivity contribution in [1.82, 2.24) is 4.90 Å². The Bertz CT molecular complexity index is 699. The molecule has 0 bridgehead atoms. The predicted octanol–water partition coefficient (Wildman–Crippen LogP) is 12.4. The molecule has 0 aromatic carbocycles. The molecule has 50 heavy (non-hydrogen) atoms. The molecule has 0 atom stereocenters. The highest BCUT2D eigenvalue weighted by Crippen LogP contribution is 2.21. The summed E-state index contributed by atoms with van der Waals surface area (Å²) in [5, 5.41) is 9.53. The van der Waals surface area contributed by atoms with Crippen molar-refractivity contribution in [2.24, 2.45) is 11.8 Å². The van der Waals surface area contributed by atoms with Crippen LogP contribution in [0.15, 0.2) is 0 Å². The van der Waals surface area contributed by atoms with Gasteiger partial charge in [-0.1, -0.05) is 163 Å². The van der Waals surface area contributed by atoms with Crippen molar-refractivity contribution in [2.75, 3.05) is 39.5 Å². The van der Waals surface area contributed by atoms with Gasteiger partial charge in [-0.15, -0.1) is 0 Å². The maximum Gasteiger partial charge on any atom is 0.308 e. The molecule has 0 unspecified atom stereocenters. The van der Waals surface area contributed by atoms with Crippen molar-refractivity contribution in [3.05, 3.63) is 0 Å². The fourth-order valence-corrected chi connectivity index (χ4v) is 6.86. The van der Waals surface area contributed by atoms with Gasteiger partial charge < -0.3 is 19.5 Å². The molecule has 0 saturated heterocycles. The molecule has 0 fully saturated rings. The summed E-state index contributed by atoms with van der Waals surface area (Å²) in [6, 6.07) is 0. The molecule has 0 aromatic rings. The Kier molecular flexibility index (Phi) is 38.2. The number of carbonyl (C=O) groups is 2. The Morgan fingerprint density at radius 1 is 0.500 bits per heavy atom. The summed E-state index contributed by atoms with van der Waals surface area (Å²) in [6.45, 7) is 13.1. The molecule has 1 N–H and O–H groups in total. The summed E-state index contributed by atoms with van der Waals surface area (Å²) in [7, 11) is 0. The average Bonchev–Trinajstić information content (AvgIpc) is 3.10. The SMILES string of the molecule is CCCCCCCCC(CCCCCCCC)C(=O)OCCCCCCCN(CCO)CCCCCOC(=O)CCCCCCCCC(C)C. The zero-order valence-electron chi connectivity index (χ0n) is 34.1. The maximum absolute atomic E-state index is 12.9. The van der Waals surface area contributed by atoms with Crippen molar-refractivity contribution >= 4 is 11.9 Å². The van der Waals surface area contributed by atoms with Crippen LogP contribution in [0, 0.1) is 11.8 Å². The largest absolute Gasteiger partial charge is 0.466 e.